The fraction of sp³-hybridized carbons (Fsp3) is 0.333. The molecular weight excluding hydrogens is 418 g/mol. The molecule has 0 saturated heterocycles. The number of aromatic amines is 1. The Labute approximate surface area is 184 Å². The summed E-state index contributed by atoms with van der Waals surface area (Å²) in [5.74, 6) is 0.689. The van der Waals surface area contributed by atoms with E-state index in [-0.39, 0.29) is 11.1 Å². The minimum absolute atomic E-state index is 0.0681. The highest BCUT2D eigenvalue weighted by Crippen LogP contribution is 2.49. The van der Waals surface area contributed by atoms with Crippen LogP contribution in [0.1, 0.15) is 47.6 Å². The van der Waals surface area contributed by atoms with Gasteiger partial charge >= 0.3 is 0 Å². The molecule has 3 aromatic rings. The van der Waals surface area contributed by atoms with E-state index >= 15 is 0 Å². The van der Waals surface area contributed by atoms with Crippen molar-refractivity contribution in [2.24, 2.45) is 5.92 Å². The molecule has 1 aliphatic carbocycles. The first-order valence-electron chi connectivity index (χ1n) is 10.2. The highest BCUT2D eigenvalue weighted by Gasteiger charge is 2.38. The molecule has 1 aliphatic rings. The summed E-state index contributed by atoms with van der Waals surface area (Å²) in [5.41, 5.74) is 1.71. The summed E-state index contributed by atoms with van der Waals surface area (Å²) in [7, 11) is 1.65. The zero-order valence-corrected chi connectivity index (χ0v) is 18.4. The molecule has 0 spiro atoms. The zero-order valence-electron chi connectivity index (χ0n) is 17.6. The summed E-state index contributed by atoms with van der Waals surface area (Å²) in [5, 5.41) is 0.481. The number of hydrogen-bond donors (Lipinski definition) is 1. The second-order valence-electron chi connectivity index (χ2n) is 7.92. The van der Waals surface area contributed by atoms with Crippen LogP contribution in [0.15, 0.2) is 52.4 Å². The lowest BCUT2D eigenvalue weighted by Gasteiger charge is -2.16. The van der Waals surface area contributed by atoms with E-state index in [1.165, 1.54) is 35.5 Å². The SMILES string of the molecule is COc1ccc([C@H]2C[C@H]2CSc2nc([C@@H](C)c3c(F)cccc3F)c(C)c(=O)[nH]2)cc1. The molecule has 1 aromatic heterocycles. The molecule has 4 nitrogen and oxygen atoms in total. The largest absolute Gasteiger partial charge is 0.497 e. The summed E-state index contributed by atoms with van der Waals surface area (Å²) in [6.45, 7) is 3.30. The van der Waals surface area contributed by atoms with Gasteiger partial charge in [-0.2, -0.15) is 0 Å². The zero-order chi connectivity index (χ0) is 22.1. The Morgan fingerprint density at radius 2 is 1.87 bits per heavy atom. The van der Waals surface area contributed by atoms with Crippen molar-refractivity contribution in [2.45, 2.75) is 37.3 Å². The third-order valence-corrected chi connectivity index (χ3v) is 6.97. The lowest BCUT2D eigenvalue weighted by Crippen LogP contribution is -2.19. The van der Waals surface area contributed by atoms with Crippen molar-refractivity contribution < 1.29 is 13.5 Å². The van der Waals surface area contributed by atoms with Crippen molar-refractivity contribution in [3.05, 3.63) is 86.8 Å². The normalized spacial score (nSPS) is 18.6. The van der Waals surface area contributed by atoms with E-state index in [1.807, 2.05) is 12.1 Å². The van der Waals surface area contributed by atoms with E-state index in [4.69, 9.17) is 4.74 Å². The van der Waals surface area contributed by atoms with Crippen molar-refractivity contribution in [1.29, 1.82) is 0 Å². The van der Waals surface area contributed by atoms with Gasteiger partial charge in [0.25, 0.3) is 5.56 Å². The summed E-state index contributed by atoms with van der Waals surface area (Å²) in [6.07, 6.45) is 1.08. The molecule has 7 heteroatoms. The van der Waals surface area contributed by atoms with Gasteiger partial charge in [-0.1, -0.05) is 36.9 Å². The fourth-order valence-corrected chi connectivity index (χ4v) is 5.02. The van der Waals surface area contributed by atoms with Crippen molar-refractivity contribution in [1.82, 2.24) is 9.97 Å². The van der Waals surface area contributed by atoms with Gasteiger partial charge in [-0.3, -0.25) is 4.79 Å². The van der Waals surface area contributed by atoms with E-state index in [0.29, 0.717) is 28.2 Å². The minimum atomic E-state index is -0.671. The first-order valence-corrected chi connectivity index (χ1v) is 11.2. The van der Waals surface area contributed by atoms with Gasteiger partial charge in [-0.25, -0.2) is 13.8 Å². The van der Waals surface area contributed by atoms with Crippen LogP contribution in [0.5, 0.6) is 5.75 Å². The van der Waals surface area contributed by atoms with Gasteiger partial charge in [0.2, 0.25) is 0 Å². The Bertz CT molecular complexity index is 1130. The molecule has 31 heavy (non-hydrogen) atoms. The summed E-state index contributed by atoms with van der Waals surface area (Å²) in [4.78, 5) is 19.8. The topological polar surface area (TPSA) is 55.0 Å². The molecule has 1 fully saturated rings. The van der Waals surface area contributed by atoms with Crippen LogP contribution in [-0.2, 0) is 0 Å². The van der Waals surface area contributed by atoms with Crippen molar-refractivity contribution in [3.63, 3.8) is 0 Å². The van der Waals surface area contributed by atoms with E-state index in [2.05, 4.69) is 22.1 Å². The van der Waals surface area contributed by atoms with Crippen LogP contribution in [-0.4, -0.2) is 22.8 Å². The fourth-order valence-electron chi connectivity index (χ4n) is 3.96. The van der Waals surface area contributed by atoms with Gasteiger partial charge in [0.15, 0.2) is 5.16 Å². The molecule has 0 amide bonds. The number of nitrogens with zero attached hydrogens (tertiary/aromatic N) is 1. The van der Waals surface area contributed by atoms with Crippen molar-refractivity contribution >= 4 is 11.8 Å². The number of ether oxygens (including phenoxy) is 1. The first-order chi connectivity index (χ1) is 14.9. The molecule has 162 valence electrons. The molecule has 0 bridgehead atoms. The molecule has 0 aliphatic heterocycles. The second-order valence-corrected chi connectivity index (χ2v) is 8.93. The molecule has 1 saturated carbocycles. The number of methoxy groups -OCH3 is 1. The Balaban J connectivity index is 1.49. The summed E-state index contributed by atoms with van der Waals surface area (Å²) >= 11 is 1.48. The Kier molecular flexibility index (Phi) is 6.14. The van der Waals surface area contributed by atoms with Gasteiger partial charge < -0.3 is 9.72 Å². The number of nitrogens with one attached hydrogen (secondary N) is 1. The quantitative estimate of drug-likeness (QED) is 0.393. The smallest absolute Gasteiger partial charge is 0.254 e. The number of hydrogen-bond acceptors (Lipinski definition) is 4. The first kappa shape index (κ1) is 21.6. The van der Waals surface area contributed by atoms with E-state index in [0.717, 1.165) is 17.9 Å². The Morgan fingerprint density at radius 1 is 1.19 bits per heavy atom. The maximum Gasteiger partial charge on any atom is 0.254 e. The highest BCUT2D eigenvalue weighted by atomic mass is 32.2. The van der Waals surface area contributed by atoms with Crippen molar-refractivity contribution in [2.75, 3.05) is 12.9 Å². The van der Waals surface area contributed by atoms with Gasteiger partial charge in [0.05, 0.1) is 12.8 Å². The average Bonchev–Trinajstić information content (AvgIpc) is 3.54. The molecule has 3 atom stereocenters. The molecular formula is C24H24F2N2O2S. The maximum atomic E-state index is 14.3. The Morgan fingerprint density at radius 3 is 2.52 bits per heavy atom. The lowest BCUT2D eigenvalue weighted by molar-refractivity contribution is 0.414. The third kappa shape index (κ3) is 4.51. The van der Waals surface area contributed by atoms with E-state index in [1.54, 1.807) is 21.0 Å². The van der Waals surface area contributed by atoms with Crippen LogP contribution in [0.25, 0.3) is 0 Å². The molecule has 0 unspecified atom stereocenters. The number of halogens is 2. The molecule has 2 aromatic carbocycles. The molecule has 4 rings (SSSR count). The van der Waals surface area contributed by atoms with E-state index in [9.17, 15) is 13.6 Å². The molecule has 1 heterocycles. The van der Waals surface area contributed by atoms with Gasteiger partial charge in [-0.05, 0) is 55.0 Å². The molecule has 1 N–H and O–H groups in total. The predicted octanol–water partition coefficient (Wildman–Crippen LogP) is 5.41. The summed E-state index contributed by atoms with van der Waals surface area (Å²) < 4.78 is 33.7. The van der Waals surface area contributed by atoms with Crippen LogP contribution >= 0.6 is 11.8 Å². The van der Waals surface area contributed by atoms with Crippen molar-refractivity contribution in [3.8, 4) is 5.75 Å². The number of benzene rings is 2. The van der Waals surface area contributed by atoms with Crippen LogP contribution < -0.4 is 10.3 Å². The third-order valence-electron chi connectivity index (χ3n) is 5.91. The standard InChI is InChI=1S/C24H24F2N2O2S/c1-13(21-19(25)5-4-6-20(21)26)22-14(2)23(29)28-24(27-22)31-12-16-11-18(16)15-7-9-17(30-3)10-8-15/h4-10,13,16,18H,11-12H2,1-3H3,(H,27,28,29)/t13-,16-,18+/m0/s1. The monoisotopic (exact) mass is 442 g/mol. The second kappa shape index (κ2) is 8.83. The van der Waals surface area contributed by atoms with Gasteiger partial charge in [0.1, 0.15) is 17.4 Å². The van der Waals surface area contributed by atoms with Gasteiger partial charge in [-0.15, -0.1) is 0 Å². The van der Waals surface area contributed by atoms with E-state index < -0.39 is 17.6 Å². The van der Waals surface area contributed by atoms with Crippen LogP contribution in [0.4, 0.5) is 8.78 Å². The van der Waals surface area contributed by atoms with Gasteiger partial charge in [0, 0.05) is 22.8 Å². The lowest BCUT2D eigenvalue weighted by atomic mass is 9.94. The van der Waals surface area contributed by atoms with Crippen LogP contribution in [0.2, 0.25) is 0 Å². The highest BCUT2D eigenvalue weighted by molar-refractivity contribution is 7.99. The number of H-pyrrole nitrogens is 1. The minimum Gasteiger partial charge on any atom is -0.497 e. The number of thioether (sulfide) groups is 1. The maximum absolute atomic E-state index is 14.3. The average molecular weight is 443 g/mol. The Hall–Kier alpha value is -2.67. The molecule has 0 radical (unpaired) electrons. The number of aromatic nitrogens is 2. The van der Waals surface area contributed by atoms with Crippen LogP contribution in [0.3, 0.4) is 0 Å². The van der Waals surface area contributed by atoms with Crippen LogP contribution in [0, 0.1) is 24.5 Å². The predicted molar refractivity (Wildman–Crippen MR) is 118 cm³/mol. The summed E-state index contributed by atoms with van der Waals surface area (Å²) in [6, 6.07) is 11.9. The number of rotatable bonds is 7.